The fourth-order valence-electron chi connectivity index (χ4n) is 2.05. The third-order valence-corrected chi connectivity index (χ3v) is 3.96. The fourth-order valence-corrected chi connectivity index (χ4v) is 2.64. The first kappa shape index (κ1) is 15.9. The molecule has 24 heavy (non-hydrogen) atoms. The van der Waals surface area contributed by atoms with E-state index in [9.17, 15) is 4.79 Å². The number of aromatic nitrogens is 2. The molecule has 0 radical (unpaired) electrons. The standard InChI is InChI=1S/C17H16N4O2S/c1-23-17(22)19-14-9-7-12(8-10-14)11-18-16-20-15(21-24-16)13-5-3-2-4-6-13/h2-10H,11H2,1H3,(H,19,22)(H,18,20,21). The molecule has 0 aliphatic rings. The molecule has 2 N–H and O–H groups in total. The molecule has 0 fully saturated rings. The zero-order valence-corrected chi connectivity index (χ0v) is 13.8. The normalized spacial score (nSPS) is 10.2. The SMILES string of the molecule is COC(=O)Nc1ccc(CNc2nc(-c3ccccc3)ns2)cc1. The minimum atomic E-state index is -0.483. The van der Waals surface area contributed by atoms with E-state index in [-0.39, 0.29) is 0 Å². The highest BCUT2D eigenvalue weighted by Gasteiger charge is 2.06. The number of carbonyl (C=O) groups excluding carboxylic acids is 1. The molecule has 7 heteroatoms. The van der Waals surface area contributed by atoms with E-state index in [1.165, 1.54) is 18.6 Å². The van der Waals surface area contributed by atoms with Crippen LogP contribution in [0.25, 0.3) is 11.4 Å². The molecular weight excluding hydrogens is 324 g/mol. The molecule has 0 saturated heterocycles. The van der Waals surface area contributed by atoms with Gasteiger partial charge in [0.25, 0.3) is 0 Å². The van der Waals surface area contributed by atoms with Gasteiger partial charge in [-0.2, -0.15) is 9.36 Å². The van der Waals surface area contributed by atoms with Crippen molar-refractivity contribution in [2.45, 2.75) is 6.54 Å². The molecule has 1 amide bonds. The number of hydrogen-bond acceptors (Lipinski definition) is 6. The minimum Gasteiger partial charge on any atom is -0.453 e. The number of benzene rings is 2. The summed E-state index contributed by atoms with van der Waals surface area (Å²) in [6, 6.07) is 17.4. The van der Waals surface area contributed by atoms with Crippen molar-refractivity contribution in [2.24, 2.45) is 0 Å². The molecular formula is C17H16N4O2S. The van der Waals surface area contributed by atoms with Crippen molar-refractivity contribution in [3.8, 4) is 11.4 Å². The summed E-state index contributed by atoms with van der Waals surface area (Å²) in [6.45, 7) is 0.627. The van der Waals surface area contributed by atoms with Crippen molar-refractivity contribution >= 4 is 28.4 Å². The Morgan fingerprint density at radius 3 is 2.58 bits per heavy atom. The van der Waals surface area contributed by atoms with Gasteiger partial charge in [0, 0.05) is 29.3 Å². The molecule has 0 spiro atoms. The molecule has 0 aliphatic carbocycles. The molecule has 3 rings (SSSR count). The largest absolute Gasteiger partial charge is 0.453 e. The van der Waals surface area contributed by atoms with E-state index < -0.39 is 6.09 Å². The Morgan fingerprint density at radius 1 is 1.12 bits per heavy atom. The van der Waals surface area contributed by atoms with Gasteiger partial charge >= 0.3 is 6.09 Å². The van der Waals surface area contributed by atoms with Gasteiger partial charge in [0.2, 0.25) is 5.13 Å². The monoisotopic (exact) mass is 340 g/mol. The van der Waals surface area contributed by atoms with Gasteiger partial charge < -0.3 is 10.1 Å². The number of carbonyl (C=O) groups is 1. The second kappa shape index (κ2) is 7.56. The van der Waals surface area contributed by atoms with Crippen LogP contribution in [0.2, 0.25) is 0 Å². The first-order valence-electron chi connectivity index (χ1n) is 7.31. The van der Waals surface area contributed by atoms with E-state index in [2.05, 4.69) is 24.7 Å². The summed E-state index contributed by atoms with van der Waals surface area (Å²) in [4.78, 5) is 15.6. The molecule has 0 atom stereocenters. The fraction of sp³-hybridized carbons (Fsp3) is 0.118. The van der Waals surface area contributed by atoms with Crippen molar-refractivity contribution in [2.75, 3.05) is 17.7 Å². The summed E-state index contributed by atoms with van der Waals surface area (Å²) in [6.07, 6.45) is -0.483. The van der Waals surface area contributed by atoms with Gasteiger partial charge in [-0.25, -0.2) is 4.79 Å². The summed E-state index contributed by atoms with van der Waals surface area (Å²) in [5.41, 5.74) is 2.76. The predicted molar refractivity (Wildman–Crippen MR) is 95.1 cm³/mol. The molecule has 122 valence electrons. The average Bonchev–Trinajstić information content (AvgIpc) is 3.11. The van der Waals surface area contributed by atoms with E-state index >= 15 is 0 Å². The molecule has 0 unspecified atom stereocenters. The second-order valence-electron chi connectivity index (χ2n) is 4.96. The zero-order valence-electron chi connectivity index (χ0n) is 13.0. The lowest BCUT2D eigenvalue weighted by Crippen LogP contribution is -2.10. The first-order valence-corrected chi connectivity index (χ1v) is 8.09. The maximum atomic E-state index is 11.1. The van der Waals surface area contributed by atoms with Gasteiger partial charge in [-0.1, -0.05) is 42.5 Å². The molecule has 6 nitrogen and oxygen atoms in total. The third-order valence-electron chi connectivity index (χ3n) is 3.29. The number of nitrogens with zero attached hydrogens (tertiary/aromatic N) is 2. The maximum Gasteiger partial charge on any atom is 0.411 e. The van der Waals surface area contributed by atoms with Gasteiger partial charge in [-0.05, 0) is 17.7 Å². The second-order valence-corrected chi connectivity index (χ2v) is 5.71. The number of hydrogen-bond donors (Lipinski definition) is 2. The number of ether oxygens (including phenoxy) is 1. The van der Waals surface area contributed by atoms with Crippen LogP contribution in [-0.4, -0.2) is 22.6 Å². The average molecular weight is 340 g/mol. The minimum absolute atomic E-state index is 0.483. The summed E-state index contributed by atoms with van der Waals surface area (Å²) in [5, 5.41) is 6.64. The van der Waals surface area contributed by atoms with Crippen molar-refractivity contribution in [3.63, 3.8) is 0 Å². The van der Waals surface area contributed by atoms with Crippen LogP contribution in [0.4, 0.5) is 15.6 Å². The number of anilines is 2. The van der Waals surface area contributed by atoms with Crippen molar-refractivity contribution in [1.82, 2.24) is 9.36 Å². The van der Waals surface area contributed by atoms with E-state index in [0.717, 1.165) is 22.1 Å². The quantitative estimate of drug-likeness (QED) is 0.734. The van der Waals surface area contributed by atoms with Crippen LogP contribution in [0.1, 0.15) is 5.56 Å². The van der Waals surface area contributed by atoms with Crippen molar-refractivity contribution < 1.29 is 9.53 Å². The summed E-state index contributed by atoms with van der Waals surface area (Å²) in [5.74, 6) is 0.723. The molecule has 2 aromatic carbocycles. The van der Waals surface area contributed by atoms with E-state index in [0.29, 0.717) is 12.2 Å². The lowest BCUT2D eigenvalue weighted by atomic mass is 10.2. The van der Waals surface area contributed by atoms with Crippen molar-refractivity contribution in [3.05, 3.63) is 60.2 Å². The van der Waals surface area contributed by atoms with Crippen LogP contribution in [-0.2, 0) is 11.3 Å². The molecule has 1 aromatic heterocycles. The van der Waals surface area contributed by atoms with E-state index in [1.807, 2.05) is 54.6 Å². The topological polar surface area (TPSA) is 76.1 Å². The summed E-state index contributed by atoms with van der Waals surface area (Å²) in [7, 11) is 1.33. The van der Waals surface area contributed by atoms with Crippen LogP contribution < -0.4 is 10.6 Å². The maximum absolute atomic E-state index is 11.1. The molecule has 0 saturated carbocycles. The predicted octanol–water partition coefficient (Wildman–Crippen LogP) is 4.00. The van der Waals surface area contributed by atoms with E-state index in [1.54, 1.807) is 0 Å². The van der Waals surface area contributed by atoms with Crippen molar-refractivity contribution in [1.29, 1.82) is 0 Å². The highest BCUT2D eigenvalue weighted by Crippen LogP contribution is 2.21. The number of methoxy groups -OCH3 is 1. The van der Waals surface area contributed by atoms with Gasteiger partial charge in [0.1, 0.15) is 0 Å². The lowest BCUT2D eigenvalue weighted by molar-refractivity contribution is 0.187. The Kier molecular flexibility index (Phi) is 5.02. The third kappa shape index (κ3) is 4.08. The highest BCUT2D eigenvalue weighted by molar-refractivity contribution is 7.09. The Bertz CT molecular complexity index is 803. The lowest BCUT2D eigenvalue weighted by Gasteiger charge is -2.06. The number of nitrogens with one attached hydrogen (secondary N) is 2. The zero-order chi connectivity index (χ0) is 16.8. The van der Waals surface area contributed by atoms with Crippen LogP contribution in [0.3, 0.4) is 0 Å². The van der Waals surface area contributed by atoms with Gasteiger partial charge in [-0.15, -0.1) is 0 Å². The smallest absolute Gasteiger partial charge is 0.411 e. The molecule has 3 aromatic rings. The van der Waals surface area contributed by atoms with Crippen LogP contribution >= 0.6 is 11.5 Å². The number of rotatable bonds is 5. The van der Waals surface area contributed by atoms with Gasteiger partial charge in [0.05, 0.1) is 7.11 Å². The molecule has 0 aliphatic heterocycles. The first-order chi connectivity index (χ1) is 11.7. The highest BCUT2D eigenvalue weighted by atomic mass is 32.1. The number of amides is 1. The van der Waals surface area contributed by atoms with E-state index in [4.69, 9.17) is 0 Å². The summed E-state index contributed by atoms with van der Waals surface area (Å²) < 4.78 is 8.91. The Labute approximate surface area is 143 Å². The summed E-state index contributed by atoms with van der Waals surface area (Å²) >= 11 is 1.33. The molecule has 0 bridgehead atoms. The van der Waals surface area contributed by atoms with Crippen LogP contribution in [0, 0.1) is 0 Å². The Hall–Kier alpha value is -2.93. The van der Waals surface area contributed by atoms with Crippen LogP contribution in [0.15, 0.2) is 54.6 Å². The van der Waals surface area contributed by atoms with Gasteiger partial charge in [0.15, 0.2) is 5.82 Å². The van der Waals surface area contributed by atoms with Gasteiger partial charge in [-0.3, -0.25) is 5.32 Å². The Balaban J connectivity index is 1.58. The Morgan fingerprint density at radius 2 is 1.88 bits per heavy atom. The molecule has 1 heterocycles. The van der Waals surface area contributed by atoms with Crippen LogP contribution in [0.5, 0.6) is 0 Å².